The third-order valence-electron chi connectivity index (χ3n) is 5.36. The van der Waals surface area contributed by atoms with Crippen molar-refractivity contribution < 1.29 is 24.6 Å². The fraction of sp³-hybridized carbons (Fsp3) is 0.250. The lowest BCUT2D eigenvalue weighted by Gasteiger charge is -2.22. The van der Waals surface area contributed by atoms with Crippen LogP contribution in [0, 0.1) is 18.8 Å². The topological polar surface area (TPSA) is 107 Å². The lowest BCUT2D eigenvalue weighted by molar-refractivity contribution is -0.142. The van der Waals surface area contributed by atoms with Gasteiger partial charge in [-0.15, -0.1) is 0 Å². The zero-order valence-electron chi connectivity index (χ0n) is 14.8. The van der Waals surface area contributed by atoms with Crippen LogP contribution in [0.2, 0.25) is 5.02 Å². The Morgan fingerprint density at radius 3 is 2.36 bits per heavy atom. The smallest absolute Gasteiger partial charge is 0.321 e. The van der Waals surface area contributed by atoms with Crippen molar-refractivity contribution >= 4 is 35.1 Å². The number of carboxylic acids is 1. The third-order valence-corrected chi connectivity index (χ3v) is 5.59. The highest BCUT2D eigenvalue weighted by Crippen LogP contribution is 2.47. The van der Waals surface area contributed by atoms with Gasteiger partial charge in [0.1, 0.15) is 11.8 Å². The molecule has 7 nitrogen and oxygen atoms in total. The highest BCUT2D eigenvalue weighted by atomic mass is 35.5. The number of carbonyl (C=O) groups is 3. The Morgan fingerprint density at radius 1 is 1.07 bits per heavy atom. The number of aliphatic carboxylic acids is 1. The van der Waals surface area contributed by atoms with E-state index < -0.39 is 41.7 Å². The summed E-state index contributed by atoms with van der Waals surface area (Å²) in [5.41, 5.74) is 1.65. The first-order valence-electron chi connectivity index (χ1n) is 8.71. The van der Waals surface area contributed by atoms with Crippen molar-refractivity contribution in [3.8, 4) is 5.75 Å². The Labute approximate surface area is 165 Å². The number of aromatic hydroxyl groups is 1. The predicted octanol–water partition coefficient (Wildman–Crippen LogP) is 2.26. The number of anilines is 1. The summed E-state index contributed by atoms with van der Waals surface area (Å²) in [5.74, 6) is -4.46. The molecule has 4 rings (SSSR count). The van der Waals surface area contributed by atoms with Gasteiger partial charge in [0.2, 0.25) is 11.8 Å². The molecule has 144 valence electrons. The molecule has 2 fully saturated rings. The van der Waals surface area contributed by atoms with Crippen LogP contribution >= 0.6 is 11.6 Å². The molecule has 0 bridgehead atoms. The van der Waals surface area contributed by atoms with Crippen LogP contribution in [0.3, 0.4) is 0 Å². The second-order valence-electron chi connectivity index (χ2n) is 7.06. The number of phenolic OH excluding ortho intramolecular Hbond substituents is 1. The molecule has 0 aromatic heterocycles. The number of phenols is 1. The predicted molar refractivity (Wildman–Crippen MR) is 101 cm³/mol. The van der Waals surface area contributed by atoms with Crippen molar-refractivity contribution in [2.75, 3.05) is 4.90 Å². The first-order valence-corrected chi connectivity index (χ1v) is 9.09. The minimum atomic E-state index is -1.25. The standard InChI is InChI=1S/C20H17ClN2O5/c1-9-2-5-11(6-3-9)23-18(25)14-15(19(23)26)17(20(27)28)22-16(14)12-8-10(21)4-7-13(12)24/h2-8,14-17,22,24H,1H3,(H,27,28)/t14-,15+,16+,17-/m1/s1. The van der Waals surface area contributed by atoms with Gasteiger partial charge in [0.05, 0.1) is 17.5 Å². The van der Waals surface area contributed by atoms with E-state index >= 15 is 0 Å². The molecule has 2 aromatic carbocycles. The normalized spacial score (nSPS) is 26.6. The number of carboxylic acid groups (broad SMARTS) is 1. The molecule has 4 atom stereocenters. The molecular weight excluding hydrogens is 384 g/mol. The second-order valence-corrected chi connectivity index (χ2v) is 7.50. The SMILES string of the molecule is Cc1ccc(N2C(=O)[C@@H]3[C@H](C2=O)[C@H](C(=O)O)N[C@H]3c2cc(Cl)ccc2O)cc1. The molecule has 28 heavy (non-hydrogen) atoms. The highest BCUT2D eigenvalue weighted by molar-refractivity contribution is 6.30. The number of hydrogen-bond donors (Lipinski definition) is 3. The van der Waals surface area contributed by atoms with Gasteiger partial charge < -0.3 is 10.2 Å². The van der Waals surface area contributed by atoms with Crippen molar-refractivity contribution in [3.05, 3.63) is 58.6 Å². The molecule has 0 aliphatic carbocycles. The molecule has 2 aliphatic rings. The molecule has 8 heteroatoms. The van der Waals surface area contributed by atoms with Gasteiger partial charge in [-0.1, -0.05) is 29.3 Å². The van der Waals surface area contributed by atoms with Crippen molar-refractivity contribution in [2.45, 2.75) is 19.0 Å². The molecule has 2 aliphatic heterocycles. The van der Waals surface area contributed by atoms with Crippen LogP contribution in [0.4, 0.5) is 5.69 Å². The maximum atomic E-state index is 13.2. The first-order chi connectivity index (χ1) is 13.3. The van der Waals surface area contributed by atoms with Gasteiger partial charge in [0.15, 0.2) is 0 Å². The van der Waals surface area contributed by atoms with E-state index in [0.717, 1.165) is 10.5 Å². The summed E-state index contributed by atoms with van der Waals surface area (Å²) in [6, 6.07) is 9.10. The number of fused-ring (bicyclic) bond motifs is 1. The Hall–Kier alpha value is -2.90. The van der Waals surface area contributed by atoms with E-state index in [1.807, 2.05) is 6.92 Å². The highest BCUT2D eigenvalue weighted by Gasteiger charge is 2.61. The van der Waals surface area contributed by atoms with Gasteiger partial charge in [-0.05, 0) is 37.3 Å². The average Bonchev–Trinajstić information content (AvgIpc) is 3.16. The van der Waals surface area contributed by atoms with E-state index in [1.165, 1.54) is 18.2 Å². The van der Waals surface area contributed by atoms with Crippen LogP contribution in [-0.4, -0.2) is 34.0 Å². The van der Waals surface area contributed by atoms with Crippen LogP contribution in [0.15, 0.2) is 42.5 Å². The fourth-order valence-electron chi connectivity index (χ4n) is 4.05. The van der Waals surface area contributed by atoms with Crippen LogP contribution in [-0.2, 0) is 14.4 Å². The molecule has 2 heterocycles. The molecule has 3 N–H and O–H groups in total. The van der Waals surface area contributed by atoms with E-state index in [4.69, 9.17) is 11.6 Å². The quantitative estimate of drug-likeness (QED) is 0.682. The Morgan fingerprint density at radius 2 is 1.71 bits per heavy atom. The number of imide groups is 1. The van der Waals surface area contributed by atoms with E-state index in [9.17, 15) is 24.6 Å². The van der Waals surface area contributed by atoms with Crippen molar-refractivity contribution in [1.82, 2.24) is 5.32 Å². The van der Waals surface area contributed by atoms with Gasteiger partial charge in [-0.3, -0.25) is 19.7 Å². The van der Waals surface area contributed by atoms with Crippen LogP contribution in [0.25, 0.3) is 0 Å². The first kappa shape index (κ1) is 18.5. The number of nitrogens with one attached hydrogen (secondary N) is 1. The van der Waals surface area contributed by atoms with Gasteiger partial charge in [0.25, 0.3) is 0 Å². The molecule has 2 aromatic rings. The number of rotatable bonds is 3. The molecule has 0 radical (unpaired) electrons. The summed E-state index contributed by atoms with van der Waals surface area (Å²) in [7, 11) is 0. The number of nitrogens with zero attached hydrogens (tertiary/aromatic N) is 1. The van der Waals surface area contributed by atoms with Crippen molar-refractivity contribution in [1.29, 1.82) is 0 Å². The molecule has 2 saturated heterocycles. The summed E-state index contributed by atoms with van der Waals surface area (Å²) in [4.78, 5) is 39.0. The van der Waals surface area contributed by atoms with Gasteiger partial charge in [0, 0.05) is 16.6 Å². The fourth-order valence-corrected chi connectivity index (χ4v) is 4.23. The number of carbonyl (C=O) groups excluding carboxylic acids is 2. The van der Waals surface area contributed by atoms with Crippen LogP contribution in [0.5, 0.6) is 5.75 Å². The molecule has 0 unspecified atom stereocenters. The Balaban J connectivity index is 1.80. The number of halogens is 1. The Bertz CT molecular complexity index is 991. The average molecular weight is 401 g/mol. The second kappa shape index (κ2) is 6.61. The maximum absolute atomic E-state index is 13.2. The van der Waals surface area contributed by atoms with Crippen LogP contribution < -0.4 is 10.2 Å². The zero-order chi connectivity index (χ0) is 20.2. The van der Waals surface area contributed by atoms with E-state index in [1.54, 1.807) is 24.3 Å². The maximum Gasteiger partial charge on any atom is 0.321 e. The van der Waals surface area contributed by atoms with E-state index in [2.05, 4.69) is 5.32 Å². The largest absolute Gasteiger partial charge is 0.508 e. The summed E-state index contributed by atoms with van der Waals surface area (Å²) < 4.78 is 0. The summed E-state index contributed by atoms with van der Waals surface area (Å²) >= 11 is 6.02. The number of benzene rings is 2. The van der Waals surface area contributed by atoms with Gasteiger partial charge >= 0.3 is 5.97 Å². The third kappa shape index (κ3) is 2.75. The summed E-state index contributed by atoms with van der Waals surface area (Å²) in [5, 5.41) is 23.0. The molecule has 2 amide bonds. The zero-order valence-corrected chi connectivity index (χ0v) is 15.6. The van der Waals surface area contributed by atoms with E-state index in [-0.39, 0.29) is 11.3 Å². The van der Waals surface area contributed by atoms with E-state index in [0.29, 0.717) is 10.7 Å². The monoisotopic (exact) mass is 400 g/mol. The summed E-state index contributed by atoms with van der Waals surface area (Å²) in [6.07, 6.45) is 0. The number of amides is 2. The number of hydrogen-bond acceptors (Lipinski definition) is 5. The summed E-state index contributed by atoms with van der Waals surface area (Å²) in [6.45, 7) is 1.88. The Kier molecular flexibility index (Phi) is 4.36. The van der Waals surface area contributed by atoms with Crippen molar-refractivity contribution in [3.63, 3.8) is 0 Å². The molecule has 0 saturated carbocycles. The van der Waals surface area contributed by atoms with Gasteiger partial charge in [-0.2, -0.15) is 0 Å². The minimum absolute atomic E-state index is 0.124. The minimum Gasteiger partial charge on any atom is -0.508 e. The lowest BCUT2D eigenvalue weighted by Crippen LogP contribution is -2.43. The molecule has 0 spiro atoms. The van der Waals surface area contributed by atoms with Crippen LogP contribution in [0.1, 0.15) is 17.2 Å². The lowest BCUT2D eigenvalue weighted by atomic mass is 9.86. The molecular formula is C20H17ClN2O5. The van der Waals surface area contributed by atoms with Crippen molar-refractivity contribution in [2.24, 2.45) is 11.8 Å². The van der Waals surface area contributed by atoms with Gasteiger partial charge in [-0.25, -0.2) is 4.90 Å². The number of aryl methyl sites for hydroxylation is 1.